The topological polar surface area (TPSA) is 69.6 Å². The zero-order chi connectivity index (χ0) is 13.1. The first-order chi connectivity index (χ1) is 8.59. The van der Waals surface area contributed by atoms with Crippen LogP contribution in [-0.2, 0) is 4.79 Å². The van der Waals surface area contributed by atoms with Crippen molar-refractivity contribution >= 4 is 11.8 Å². The molecule has 18 heavy (non-hydrogen) atoms. The van der Waals surface area contributed by atoms with Gasteiger partial charge in [-0.2, -0.15) is 0 Å². The molecule has 5 nitrogen and oxygen atoms in total. The van der Waals surface area contributed by atoms with Crippen LogP contribution in [0.25, 0.3) is 0 Å². The number of benzene rings is 1. The van der Waals surface area contributed by atoms with Gasteiger partial charge in [0.1, 0.15) is 5.75 Å². The lowest BCUT2D eigenvalue weighted by Gasteiger charge is -2.20. The van der Waals surface area contributed by atoms with Gasteiger partial charge in [-0.3, -0.25) is 9.59 Å². The summed E-state index contributed by atoms with van der Waals surface area (Å²) in [6.07, 6.45) is 0.304. The van der Waals surface area contributed by atoms with Crippen molar-refractivity contribution in [1.29, 1.82) is 0 Å². The van der Waals surface area contributed by atoms with E-state index < -0.39 is 0 Å². The van der Waals surface area contributed by atoms with Gasteiger partial charge in [0.2, 0.25) is 5.91 Å². The molecule has 0 unspecified atom stereocenters. The Hall–Kier alpha value is -2.04. The lowest BCUT2D eigenvalue weighted by Crippen LogP contribution is -2.34. The molecule has 0 radical (unpaired) electrons. The summed E-state index contributed by atoms with van der Waals surface area (Å²) >= 11 is 0. The highest BCUT2D eigenvalue weighted by Crippen LogP contribution is 2.23. The molecule has 2 amide bonds. The van der Waals surface area contributed by atoms with Crippen LogP contribution in [0.4, 0.5) is 0 Å². The molecule has 96 valence electrons. The minimum absolute atomic E-state index is 0.0195. The number of nitrogens with zero attached hydrogens (tertiary/aromatic N) is 1. The molecule has 0 aromatic heterocycles. The Balaban J connectivity index is 2.20. The van der Waals surface area contributed by atoms with E-state index in [-0.39, 0.29) is 17.6 Å². The Morgan fingerprint density at radius 2 is 2.17 bits per heavy atom. The molecule has 1 saturated heterocycles. The Bertz CT molecular complexity index is 485. The van der Waals surface area contributed by atoms with Gasteiger partial charge in [0.05, 0.1) is 5.56 Å². The van der Waals surface area contributed by atoms with Gasteiger partial charge in [-0.15, -0.1) is 0 Å². The number of carbonyl (C=O) groups is 2. The molecule has 0 aliphatic carbocycles. The standard InChI is InChI=1S/C13H16N2O3/c1-9-3-2-4-10(12(9)17)13(18)15-7-5-11(16)14-6-8-15/h2-4,17H,5-8H2,1H3,(H,14,16). The van der Waals surface area contributed by atoms with Crippen LogP contribution in [0, 0.1) is 6.92 Å². The first-order valence-corrected chi connectivity index (χ1v) is 5.94. The maximum absolute atomic E-state index is 12.3. The summed E-state index contributed by atoms with van der Waals surface area (Å²) < 4.78 is 0. The summed E-state index contributed by atoms with van der Waals surface area (Å²) in [6, 6.07) is 5.09. The van der Waals surface area contributed by atoms with Gasteiger partial charge in [-0.05, 0) is 18.6 Å². The van der Waals surface area contributed by atoms with Gasteiger partial charge in [0.25, 0.3) is 5.91 Å². The Morgan fingerprint density at radius 3 is 2.94 bits per heavy atom. The number of phenols is 1. The minimum Gasteiger partial charge on any atom is -0.507 e. The molecule has 2 rings (SSSR count). The minimum atomic E-state index is -0.229. The molecule has 1 aliphatic rings. The maximum Gasteiger partial charge on any atom is 0.257 e. The summed E-state index contributed by atoms with van der Waals surface area (Å²) in [7, 11) is 0. The van der Waals surface area contributed by atoms with Crippen LogP contribution >= 0.6 is 0 Å². The van der Waals surface area contributed by atoms with E-state index in [4.69, 9.17) is 0 Å². The molecule has 0 bridgehead atoms. The highest BCUT2D eigenvalue weighted by molar-refractivity contribution is 5.97. The van der Waals surface area contributed by atoms with E-state index in [9.17, 15) is 14.7 Å². The maximum atomic E-state index is 12.3. The molecular weight excluding hydrogens is 232 g/mol. The van der Waals surface area contributed by atoms with Crippen LogP contribution in [0.5, 0.6) is 5.75 Å². The number of hydrogen-bond donors (Lipinski definition) is 2. The molecule has 1 aromatic rings. The van der Waals surface area contributed by atoms with E-state index in [0.29, 0.717) is 37.2 Å². The van der Waals surface area contributed by atoms with Crippen LogP contribution in [0.15, 0.2) is 18.2 Å². The zero-order valence-electron chi connectivity index (χ0n) is 10.3. The Morgan fingerprint density at radius 1 is 1.39 bits per heavy atom. The van der Waals surface area contributed by atoms with Crippen molar-refractivity contribution in [2.75, 3.05) is 19.6 Å². The molecule has 1 aliphatic heterocycles. The lowest BCUT2D eigenvalue weighted by atomic mass is 10.1. The van der Waals surface area contributed by atoms with E-state index in [1.54, 1.807) is 30.0 Å². The Kier molecular flexibility index (Phi) is 3.50. The fraction of sp³-hybridized carbons (Fsp3) is 0.385. The average molecular weight is 248 g/mol. The van der Waals surface area contributed by atoms with E-state index in [1.165, 1.54) is 0 Å². The van der Waals surface area contributed by atoms with E-state index >= 15 is 0 Å². The van der Waals surface area contributed by atoms with Crippen molar-refractivity contribution in [2.45, 2.75) is 13.3 Å². The largest absolute Gasteiger partial charge is 0.507 e. The van der Waals surface area contributed by atoms with Crippen molar-refractivity contribution < 1.29 is 14.7 Å². The van der Waals surface area contributed by atoms with Gasteiger partial charge < -0.3 is 15.3 Å². The second kappa shape index (κ2) is 5.08. The smallest absolute Gasteiger partial charge is 0.257 e. The zero-order valence-corrected chi connectivity index (χ0v) is 10.3. The number of phenolic OH excluding ortho intramolecular Hbond substituents is 1. The van der Waals surface area contributed by atoms with Gasteiger partial charge in [0.15, 0.2) is 0 Å². The van der Waals surface area contributed by atoms with E-state index in [2.05, 4.69) is 5.32 Å². The summed E-state index contributed by atoms with van der Waals surface area (Å²) in [4.78, 5) is 25.1. The summed E-state index contributed by atoms with van der Waals surface area (Å²) in [6.45, 7) is 3.06. The van der Waals surface area contributed by atoms with Crippen molar-refractivity contribution in [2.24, 2.45) is 0 Å². The lowest BCUT2D eigenvalue weighted by molar-refractivity contribution is -0.120. The van der Waals surface area contributed by atoms with Gasteiger partial charge in [-0.25, -0.2) is 0 Å². The first kappa shape index (κ1) is 12.4. The molecule has 1 heterocycles. The first-order valence-electron chi connectivity index (χ1n) is 5.94. The summed E-state index contributed by atoms with van der Waals surface area (Å²) in [5.41, 5.74) is 0.967. The molecule has 0 spiro atoms. The third-order valence-electron chi connectivity index (χ3n) is 3.07. The number of nitrogens with one attached hydrogen (secondary N) is 1. The third kappa shape index (κ3) is 2.45. The number of aromatic hydroxyl groups is 1. The van der Waals surface area contributed by atoms with E-state index in [0.717, 1.165) is 0 Å². The molecule has 0 saturated carbocycles. The number of carbonyl (C=O) groups excluding carboxylic acids is 2. The number of amides is 2. The second-order valence-corrected chi connectivity index (χ2v) is 4.36. The van der Waals surface area contributed by atoms with Crippen molar-refractivity contribution in [3.63, 3.8) is 0 Å². The van der Waals surface area contributed by atoms with Crippen LogP contribution in [0.1, 0.15) is 22.3 Å². The SMILES string of the molecule is Cc1cccc(C(=O)N2CCNC(=O)CC2)c1O. The summed E-state index contributed by atoms with van der Waals surface area (Å²) in [5.74, 6) is -0.252. The number of aryl methyl sites for hydroxylation is 1. The molecule has 5 heteroatoms. The van der Waals surface area contributed by atoms with Crippen molar-refractivity contribution in [3.8, 4) is 5.75 Å². The van der Waals surface area contributed by atoms with Crippen LogP contribution < -0.4 is 5.32 Å². The van der Waals surface area contributed by atoms with Crippen molar-refractivity contribution in [1.82, 2.24) is 10.2 Å². The summed E-state index contributed by atoms with van der Waals surface area (Å²) in [5, 5.41) is 12.6. The predicted octanol–water partition coefficient (Wildman–Crippen LogP) is 0.663. The van der Waals surface area contributed by atoms with E-state index in [1.807, 2.05) is 0 Å². The predicted molar refractivity (Wildman–Crippen MR) is 66.4 cm³/mol. The van der Waals surface area contributed by atoms with Gasteiger partial charge in [-0.1, -0.05) is 12.1 Å². The Labute approximate surface area is 105 Å². The second-order valence-electron chi connectivity index (χ2n) is 4.36. The normalized spacial score (nSPS) is 16.1. The third-order valence-corrected chi connectivity index (χ3v) is 3.07. The fourth-order valence-corrected chi connectivity index (χ4v) is 1.97. The van der Waals surface area contributed by atoms with Crippen LogP contribution in [0.2, 0.25) is 0 Å². The highest BCUT2D eigenvalue weighted by atomic mass is 16.3. The quantitative estimate of drug-likeness (QED) is 0.767. The fourth-order valence-electron chi connectivity index (χ4n) is 1.97. The van der Waals surface area contributed by atoms with Gasteiger partial charge >= 0.3 is 0 Å². The molecule has 0 atom stereocenters. The molecule has 2 N–H and O–H groups in total. The number of para-hydroxylation sites is 1. The number of rotatable bonds is 1. The number of hydrogen-bond acceptors (Lipinski definition) is 3. The van der Waals surface area contributed by atoms with Crippen molar-refractivity contribution in [3.05, 3.63) is 29.3 Å². The molecular formula is C13H16N2O3. The van der Waals surface area contributed by atoms with Crippen LogP contribution in [-0.4, -0.2) is 41.5 Å². The monoisotopic (exact) mass is 248 g/mol. The van der Waals surface area contributed by atoms with Crippen LogP contribution in [0.3, 0.4) is 0 Å². The highest BCUT2D eigenvalue weighted by Gasteiger charge is 2.22. The van der Waals surface area contributed by atoms with Gasteiger partial charge in [0, 0.05) is 26.1 Å². The molecule has 1 aromatic carbocycles. The average Bonchev–Trinajstić information content (AvgIpc) is 2.57. The molecule has 1 fully saturated rings.